The number of sulfonamides is 1. The number of benzene rings is 1. The van der Waals surface area contributed by atoms with Gasteiger partial charge in [0, 0.05) is 37.9 Å². The van der Waals surface area contributed by atoms with Gasteiger partial charge in [0.25, 0.3) is 5.91 Å². The van der Waals surface area contributed by atoms with E-state index in [1.807, 2.05) is 0 Å². The summed E-state index contributed by atoms with van der Waals surface area (Å²) in [5, 5.41) is 6.64. The van der Waals surface area contributed by atoms with Crippen molar-refractivity contribution in [3.05, 3.63) is 47.8 Å². The summed E-state index contributed by atoms with van der Waals surface area (Å²) in [6.07, 6.45) is 2.28. The average molecular weight is 363 g/mol. The number of carbonyl (C=O) groups is 1. The van der Waals surface area contributed by atoms with Crippen LogP contribution in [0, 0.1) is 0 Å². The Bertz CT molecular complexity index is 833. The van der Waals surface area contributed by atoms with Crippen molar-refractivity contribution >= 4 is 15.9 Å². The molecule has 1 saturated heterocycles. The number of nitrogens with two attached hydrogens (primary N) is 1. The van der Waals surface area contributed by atoms with Gasteiger partial charge in [-0.3, -0.25) is 9.89 Å². The van der Waals surface area contributed by atoms with Gasteiger partial charge in [-0.25, -0.2) is 8.42 Å². The van der Waals surface area contributed by atoms with E-state index in [1.54, 1.807) is 19.3 Å². The monoisotopic (exact) mass is 363 g/mol. The number of nitrogens with one attached hydrogen (secondary N) is 1. The van der Waals surface area contributed by atoms with E-state index in [4.69, 9.17) is 5.73 Å². The average Bonchev–Trinajstić information content (AvgIpc) is 3.26. The number of hydrogen-bond acceptors (Lipinski definition) is 5. The Balaban J connectivity index is 1.72. The van der Waals surface area contributed by atoms with E-state index in [1.165, 1.54) is 33.5 Å². The molecule has 3 N–H and O–H groups in total. The number of nitrogens with zero attached hydrogens (tertiary/aromatic N) is 3. The standard InChI is InChI=1S/C16H21N5O3S/c1-20(11-14-6-8-18-19-14)16(22)12-2-4-15(5-3-12)25(23,24)21-9-7-13(17)10-21/h2-6,8,13H,7,9-11,17H2,1H3,(H,18,19)/t13-/m0/s1. The summed E-state index contributed by atoms with van der Waals surface area (Å²) in [7, 11) is -1.88. The van der Waals surface area contributed by atoms with Crippen molar-refractivity contribution < 1.29 is 13.2 Å². The minimum Gasteiger partial charge on any atom is -0.336 e. The maximum absolute atomic E-state index is 12.6. The van der Waals surface area contributed by atoms with Crippen molar-refractivity contribution in [1.82, 2.24) is 19.4 Å². The summed E-state index contributed by atoms with van der Waals surface area (Å²) in [5.41, 5.74) is 7.04. The van der Waals surface area contributed by atoms with E-state index in [-0.39, 0.29) is 16.8 Å². The van der Waals surface area contributed by atoms with Crippen LogP contribution in [0.4, 0.5) is 0 Å². The summed E-state index contributed by atoms with van der Waals surface area (Å²) in [5.74, 6) is -0.193. The van der Waals surface area contributed by atoms with Gasteiger partial charge in [0.2, 0.25) is 10.0 Å². The molecule has 1 aliphatic rings. The lowest BCUT2D eigenvalue weighted by atomic mass is 10.2. The highest BCUT2D eigenvalue weighted by molar-refractivity contribution is 7.89. The third-order valence-corrected chi connectivity index (χ3v) is 6.12. The van der Waals surface area contributed by atoms with Crippen LogP contribution in [0.1, 0.15) is 22.5 Å². The first kappa shape index (κ1) is 17.6. The Labute approximate surface area is 146 Å². The number of amides is 1. The summed E-state index contributed by atoms with van der Waals surface area (Å²) in [6, 6.07) is 7.68. The Morgan fingerprint density at radius 1 is 1.36 bits per heavy atom. The molecule has 134 valence electrons. The van der Waals surface area contributed by atoms with Crippen molar-refractivity contribution in [1.29, 1.82) is 0 Å². The molecule has 0 spiro atoms. The topological polar surface area (TPSA) is 112 Å². The molecule has 1 aromatic carbocycles. The lowest BCUT2D eigenvalue weighted by Crippen LogP contribution is -2.32. The van der Waals surface area contributed by atoms with Gasteiger partial charge in [0.1, 0.15) is 0 Å². The highest BCUT2D eigenvalue weighted by Gasteiger charge is 2.31. The molecule has 8 nitrogen and oxygen atoms in total. The molecule has 1 amide bonds. The molecule has 25 heavy (non-hydrogen) atoms. The van der Waals surface area contributed by atoms with Gasteiger partial charge in [0.15, 0.2) is 0 Å². The van der Waals surface area contributed by atoms with E-state index < -0.39 is 10.0 Å². The third kappa shape index (κ3) is 3.73. The summed E-state index contributed by atoms with van der Waals surface area (Å²) in [4.78, 5) is 14.2. The minimum absolute atomic E-state index is 0.119. The summed E-state index contributed by atoms with van der Waals surface area (Å²) >= 11 is 0. The molecule has 9 heteroatoms. The van der Waals surface area contributed by atoms with Crippen LogP contribution in [-0.2, 0) is 16.6 Å². The quantitative estimate of drug-likeness (QED) is 0.799. The van der Waals surface area contributed by atoms with E-state index in [0.29, 0.717) is 31.6 Å². The van der Waals surface area contributed by atoms with E-state index >= 15 is 0 Å². The zero-order chi connectivity index (χ0) is 18.0. The highest BCUT2D eigenvalue weighted by Crippen LogP contribution is 2.21. The van der Waals surface area contributed by atoms with Gasteiger partial charge < -0.3 is 10.6 Å². The van der Waals surface area contributed by atoms with Gasteiger partial charge in [-0.2, -0.15) is 9.40 Å². The fourth-order valence-corrected chi connectivity index (χ4v) is 4.32. The van der Waals surface area contributed by atoms with Crippen molar-refractivity contribution in [3.63, 3.8) is 0 Å². The highest BCUT2D eigenvalue weighted by atomic mass is 32.2. The van der Waals surface area contributed by atoms with Crippen LogP contribution >= 0.6 is 0 Å². The van der Waals surface area contributed by atoms with Crippen LogP contribution in [0.5, 0.6) is 0 Å². The molecular formula is C16H21N5O3S. The number of aromatic amines is 1. The van der Waals surface area contributed by atoms with Crippen LogP contribution < -0.4 is 5.73 Å². The SMILES string of the molecule is CN(Cc1ccn[nH]1)C(=O)c1ccc(S(=O)(=O)N2CC[C@H](N)C2)cc1. The van der Waals surface area contributed by atoms with E-state index in [9.17, 15) is 13.2 Å². The van der Waals surface area contributed by atoms with E-state index in [2.05, 4.69) is 10.2 Å². The van der Waals surface area contributed by atoms with Crippen molar-refractivity contribution in [3.8, 4) is 0 Å². The van der Waals surface area contributed by atoms with E-state index in [0.717, 1.165) is 5.69 Å². The van der Waals surface area contributed by atoms with Gasteiger partial charge in [-0.15, -0.1) is 0 Å². The largest absolute Gasteiger partial charge is 0.336 e. The van der Waals surface area contributed by atoms with Gasteiger partial charge in [0.05, 0.1) is 17.1 Å². The van der Waals surface area contributed by atoms with Crippen LogP contribution in [-0.4, -0.2) is 59.9 Å². The van der Waals surface area contributed by atoms with Crippen molar-refractivity contribution in [2.24, 2.45) is 5.73 Å². The smallest absolute Gasteiger partial charge is 0.253 e. The summed E-state index contributed by atoms with van der Waals surface area (Å²) in [6.45, 7) is 1.15. The molecule has 2 heterocycles. The molecule has 0 aliphatic carbocycles. The first-order valence-electron chi connectivity index (χ1n) is 7.97. The molecular weight excluding hydrogens is 342 g/mol. The van der Waals surface area contributed by atoms with Gasteiger partial charge >= 0.3 is 0 Å². The predicted octanol–water partition coefficient (Wildman–Crippen LogP) is 0.404. The number of aromatic nitrogens is 2. The first-order valence-corrected chi connectivity index (χ1v) is 9.41. The van der Waals surface area contributed by atoms with Crippen LogP contribution in [0.15, 0.2) is 41.4 Å². The molecule has 0 radical (unpaired) electrons. The second-order valence-corrected chi connectivity index (χ2v) is 8.12. The molecule has 1 aliphatic heterocycles. The van der Waals surface area contributed by atoms with Gasteiger partial charge in [-0.1, -0.05) is 0 Å². The number of carbonyl (C=O) groups excluding carboxylic acids is 1. The van der Waals surface area contributed by atoms with Crippen LogP contribution in [0.3, 0.4) is 0 Å². The first-order chi connectivity index (χ1) is 11.9. The number of H-pyrrole nitrogens is 1. The fourth-order valence-electron chi connectivity index (χ4n) is 2.81. The molecule has 0 unspecified atom stereocenters. The second kappa shape index (κ2) is 6.95. The molecule has 1 fully saturated rings. The Morgan fingerprint density at radius 3 is 2.64 bits per heavy atom. The number of hydrogen-bond donors (Lipinski definition) is 2. The van der Waals surface area contributed by atoms with Crippen molar-refractivity contribution in [2.45, 2.75) is 23.9 Å². The Kier molecular flexibility index (Phi) is 4.89. The fraction of sp³-hybridized carbons (Fsp3) is 0.375. The lowest BCUT2D eigenvalue weighted by molar-refractivity contribution is 0.0783. The van der Waals surface area contributed by atoms with Crippen LogP contribution in [0.25, 0.3) is 0 Å². The summed E-state index contributed by atoms with van der Waals surface area (Å²) < 4.78 is 26.5. The molecule has 3 rings (SSSR count). The Hall–Kier alpha value is -2.23. The van der Waals surface area contributed by atoms with Crippen LogP contribution in [0.2, 0.25) is 0 Å². The number of rotatable bonds is 5. The molecule has 0 bridgehead atoms. The van der Waals surface area contributed by atoms with Gasteiger partial charge in [-0.05, 0) is 36.8 Å². The van der Waals surface area contributed by atoms with Crippen molar-refractivity contribution in [2.75, 3.05) is 20.1 Å². The zero-order valence-corrected chi connectivity index (χ0v) is 14.7. The predicted molar refractivity (Wildman–Crippen MR) is 92.2 cm³/mol. The lowest BCUT2D eigenvalue weighted by Gasteiger charge is -2.18. The maximum atomic E-state index is 12.6. The second-order valence-electron chi connectivity index (χ2n) is 6.18. The molecule has 2 aromatic rings. The molecule has 1 atom stereocenters. The molecule has 1 aromatic heterocycles. The normalized spacial score (nSPS) is 18.4. The minimum atomic E-state index is -3.56. The maximum Gasteiger partial charge on any atom is 0.253 e. The third-order valence-electron chi connectivity index (χ3n) is 4.24. The zero-order valence-electron chi connectivity index (χ0n) is 13.9. The molecule has 0 saturated carbocycles. The Morgan fingerprint density at radius 2 is 2.08 bits per heavy atom.